The van der Waals surface area contributed by atoms with Crippen molar-refractivity contribution in [1.29, 1.82) is 0 Å². The van der Waals surface area contributed by atoms with Crippen molar-refractivity contribution in [3.8, 4) is 0 Å². The normalized spacial score (nSPS) is 12.5. The molecule has 10 heteroatoms. The summed E-state index contributed by atoms with van der Waals surface area (Å²) in [4.78, 5) is 29.1. The van der Waals surface area contributed by atoms with E-state index in [2.05, 4.69) is 5.32 Å². The van der Waals surface area contributed by atoms with Crippen LogP contribution >= 0.6 is 23.2 Å². The van der Waals surface area contributed by atoms with Gasteiger partial charge in [-0.3, -0.25) is 13.9 Å². The van der Waals surface area contributed by atoms with Crippen molar-refractivity contribution in [3.05, 3.63) is 93.5 Å². The summed E-state index contributed by atoms with van der Waals surface area (Å²) in [5, 5.41) is 3.62. The third kappa shape index (κ3) is 8.03. The summed E-state index contributed by atoms with van der Waals surface area (Å²) in [6.45, 7) is 10.5. The molecule has 0 radical (unpaired) electrons. The molecule has 220 valence electrons. The second kappa shape index (κ2) is 13.3. The molecule has 1 atom stereocenters. The van der Waals surface area contributed by atoms with Gasteiger partial charge in [-0.25, -0.2) is 8.42 Å². The Morgan fingerprint density at radius 3 is 2.05 bits per heavy atom. The molecule has 0 saturated heterocycles. The molecular weight excluding hydrogens is 581 g/mol. The molecule has 0 spiro atoms. The first-order valence-electron chi connectivity index (χ1n) is 13.3. The van der Waals surface area contributed by atoms with Crippen LogP contribution in [0.5, 0.6) is 0 Å². The number of carbonyl (C=O) groups excluding carboxylic acids is 2. The Kier molecular flexibility index (Phi) is 10.5. The van der Waals surface area contributed by atoms with Gasteiger partial charge in [0.2, 0.25) is 11.8 Å². The zero-order valence-corrected chi connectivity index (χ0v) is 26.6. The second-order valence-electron chi connectivity index (χ2n) is 11.0. The van der Waals surface area contributed by atoms with Crippen LogP contribution < -0.4 is 9.62 Å². The lowest BCUT2D eigenvalue weighted by Crippen LogP contribution is -2.55. The highest BCUT2D eigenvalue weighted by Crippen LogP contribution is 2.29. The largest absolute Gasteiger partial charge is 0.350 e. The summed E-state index contributed by atoms with van der Waals surface area (Å²) in [6, 6.07) is 17.3. The summed E-state index contributed by atoms with van der Waals surface area (Å²) in [6.07, 6.45) is 0.283. The second-order valence-corrected chi connectivity index (χ2v) is 13.7. The molecule has 2 amide bonds. The number of rotatable bonds is 10. The monoisotopic (exact) mass is 617 g/mol. The number of benzene rings is 3. The number of halogens is 2. The highest BCUT2D eigenvalue weighted by Gasteiger charge is 2.35. The Labute approximate surface area is 253 Å². The van der Waals surface area contributed by atoms with E-state index in [0.29, 0.717) is 21.3 Å². The minimum Gasteiger partial charge on any atom is -0.350 e. The number of hydrogen-bond acceptors (Lipinski definition) is 4. The summed E-state index contributed by atoms with van der Waals surface area (Å²) >= 11 is 12.9. The van der Waals surface area contributed by atoms with Crippen LogP contribution in [0.1, 0.15) is 50.8 Å². The van der Waals surface area contributed by atoms with Crippen molar-refractivity contribution < 1.29 is 18.0 Å². The molecule has 0 aliphatic rings. The molecule has 0 aliphatic carbocycles. The third-order valence-electron chi connectivity index (χ3n) is 6.66. The molecule has 3 aromatic rings. The molecular formula is C31H37Cl2N3O4S. The van der Waals surface area contributed by atoms with E-state index in [-0.39, 0.29) is 23.8 Å². The highest BCUT2D eigenvalue weighted by molar-refractivity contribution is 7.92. The van der Waals surface area contributed by atoms with E-state index >= 15 is 0 Å². The van der Waals surface area contributed by atoms with Crippen LogP contribution in [0.3, 0.4) is 0 Å². The number of sulfonamides is 1. The Balaban J connectivity index is 2.13. The van der Waals surface area contributed by atoms with E-state index in [9.17, 15) is 18.0 Å². The summed E-state index contributed by atoms with van der Waals surface area (Å²) in [5.74, 6) is -0.935. The number of carbonyl (C=O) groups is 2. The van der Waals surface area contributed by atoms with Crippen molar-refractivity contribution in [2.75, 3.05) is 10.8 Å². The van der Waals surface area contributed by atoms with Crippen molar-refractivity contribution in [1.82, 2.24) is 10.2 Å². The molecule has 41 heavy (non-hydrogen) atoms. The van der Waals surface area contributed by atoms with E-state index in [1.807, 2.05) is 40.7 Å². The van der Waals surface area contributed by atoms with Crippen LogP contribution in [0.2, 0.25) is 10.0 Å². The van der Waals surface area contributed by atoms with Crippen LogP contribution in [0.4, 0.5) is 5.69 Å². The Bertz CT molecular complexity index is 1490. The number of anilines is 1. The Morgan fingerprint density at radius 1 is 0.902 bits per heavy atom. The van der Waals surface area contributed by atoms with E-state index < -0.39 is 34.1 Å². The Morgan fingerprint density at radius 2 is 1.51 bits per heavy atom. The average Bonchev–Trinajstić information content (AvgIpc) is 2.89. The molecule has 0 aromatic heterocycles. The van der Waals surface area contributed by atoms with Crippen molar-refractivity contribution in [2.45, 2.75) is 71.0 Å². The Hall–Kier alpha value is -3.07. The molecule has 0 aliphatic heterocycles. The average molecular weight is 619 g/mol. The lowest BCUT2D eigenvalue weighted by molar-refractivity contribution is -0.141. The quantitative estimate of drug-likeness (QED) is 0.280. The number of nitrogens with one attached hydrogen (secondary N) is 1. The van der Waals surface area contributed by atoms with Gasteiger partial charge in [-0.1, -0.05) is 60.5 Å². The first-order chi connectivity index (χ1) is 19.2. The smallest absolute Gasteiger partial charge is 0.264 e. The van der Waals surface area contributed by atoms with Crippen LogP contribution in [-0.2, 0) is 26.2 Å². The van der Waals surface area contributed by atoms with Gasteiger partial charge >= 0.3 is 0 Å². The van der Waals surface area contributed by atoms with Gasteiger partial charge < -0.3 is 10.2 Å². The van der Waals surface area contributed by atoms with Crippen LogP contribution in [0.15, 0.2) is 71.6 Å². The first-order valence-corrected chi connectivity index (χ1v) is 15.5. The molecule has 0 heterocycles. The van der Waals surface area contributed by atoms with E-state index in [4.69, 9.17) is 23.2 Å². The molecule has 0 bridgehead atoms. The molecule has 3 rings (SSSR count). The minimum absolute atomic E-state index is 0.0456. The lowest BCUT2D eigenvalue weighted by atomic mass is 10.1. The zero-order chi connectivity index (χ0) is 30.5. The van der Waals surface area contributed by atoms with Gasteiger partial charge in [-0.05, 0) is 88.6 Å². The topological polar surface area (TPSA) is 86.8 Å². The summed E-state index contributed by atoms with van der Waals surface area (Å²) < 4.78 is 29.0. The lowest BCUT2D eigenvalue weighted by Gasteiger charge is -2.35. The number of hydrogen-bond donors (Lipinski definition) is 1. The maximum atomic E-state index is 14.2. The van der Waals surface area contributed by atoms with Gasteiger partial charge in [-0.2, -0.15) is 0 Å². The van der Waals surface area contributed by atoms with Gasteiger partial charge in [0.25, 0.3) is 10.0 Å². The van der Waals surface area contributed by atoms with Gasteiger partial charge in [0, 0.05) is 27.7 Å². The fourth-order valence-electron chi connectivity index (χ4n) is 4.36. The number of aryl methyl sites for hydroxylation is 2. The van der Waals surface area contributed by atoms with Crippen molar-refractivity contribution in [3.63, 3.8) is 0 Å². The molecule has 0 fully saturated rings. The molecule has 3 aromatic carbocycles. The fraction of sp³-hybridized carbons (Fsp3) is 0.355. The van der Waals surface area contributed by atoms with E-state index in [0.717, 1.165) is 15.4 Å². The standard InChI is InChI=1S/C31H37Cl2N3O4S/c1-7-28(30(38)34-31(4,5)6)35(19-25-26(32)14-11-15-27(25)33)29(37)20-36(23-17-16-21(2)22(3)18-23)41(39,40)24-12-9-8-10-13-24/h8-18,28H,7,19-20H2,1-6H3,(H,34,38). The number of amides is 2. The van der Waals surface area contributed by atoms with Crippen LogP contribution in [-0.4, -0.2) is 43.3 Å². The maximum Gasteiger partial charge on any atom is 0.264 e. The molecule has 1 N–H and O–H groups in total. The minimum atomic E-state index is -4.15. The molecule has 7 nitrogen and oxygen atoms in total. The maximum absolute atomic E-state index is 14.2. The zero-order valence-electron chi connectivity index (χ0n) is 24.2. The van der Waals surface area contributed by atoms with Gasteiger partial charge in [-0.15, -0.1) is 0 Å². The van der Waals surface area contributed by atoms with Gasteiger partial charge in [0.15, 0.2) is 0 Å². The van der Waals surface area contributed by atoms with Crippen LogP contribution in [0.25, 0.3) is 0 Å². The SMILES string of the molecule is CCC(C(=O)NC(C)(C)C)N(Cc1c(Cl)cccc1Cl)C(=O)CN(c1ccc(C)c(C)c1)S(=O)(=O)c1ccccc1. The van der Waals surface area contributed by atoms with Crippen molar-refractivity contribution in [2.24, 2.45) is 0 Å². The van der Waals surface area contributed by atoms with Gasteiger partial charge in [0.05, 0.1) is 10.6 Å². The predicted molar refractivity (Wildman–Crippen MR) is 166 cm³/mol. The third-order valence-corrected chi connectivity index (χ3v) is 9.16. The van der Waals surface area contributed by atoms with Gasteiger partial charge in [0.1, 0.15) is 12.6 Å². The van der Waals surface area contributed by atoms with Crippen molar-refractivity contribution >= 4 is 50.7 Å². The predicted octanol–water partition coefficient (Wildman–Crippen LogP) is 6.53. The first kappa shape index (κ1) is 32.4. The highest BCUT2D eigenvalue weighted by atomic mass is 35.5. The van der Waals surface area contributed by atoms with E-state index in [1.165, 1.54) is 17.0 Å². The molecule has 0 saturated carbocycles. The number of nitrogens with zero attached hydrogens (tertiary/aromatic N) is 2. The summed E-state index contributed by atoms with van der Waals surface area (Å²) in [5.41, 5.74) is 2.11. The fourth-order valence-corrected chi connectivity index (χ4v) is 6.30. The van der Waals surface area contributed by atoms with Crippen LogP contribution in [0, 0.1) is 13.8 Å². The summed E-state index contributed by atoms with van der Waals surface area (Å²) in [7, 11) is -4.15. The molecule has 1 unspecified atom stereocenters. The van der Waals surface area contributed by atoms with E-state index in [1.54, 1.807) is 55.5 Å².